The third kappa shape index (κ3) is 1.80. The molecule has 1 unspecified atom stereocenters. The molecule has 1 saturated heterocycles. The van der Waals surface area contributed by atoms with Crippen LogP contribution in [-0.4, -0.2) is 12.5 Å². The molecule has 2 nitrogen and oxygen atoms in total. The Morgan fingerprint density at radius 2 is 1.88 bits per heavy atom. The molecule has 0 radical (unpaired) electrons. The Balaban J connectivity index is 2.13. The number of piperidine rings is 1. The number of benzene rings is 2. The summed E-state index contributed by atoms with van der Waals surface area (Å²) in [4.78, 5) is 11.9. The third-order valence-electron chi connectivity index (χ3n) is 3.48. The molecule has 1 aliphatic rings. The van der Waals surface area contributed by atoms with Crippen molar-refractivity contribution >= 4 is 16.7 Å². The van der Waals surface area contributed by atoms with Crippen LogP contribution in [0.3, 0.4) is 0 Å². The summed E-state index contributed by atoms with van der Waals surface area (Å²) in [5.74, 6) is 0.197. The first-order valence-corrected chi connectivity index (χ1v) is 6.11. The largest absolute Gasteiger partial charge is 0.356 e. The molecule has 2 aromatic rings. The van der Waals surface area contributed by atoms with Crippen LogP contribution in [0.5, 0.6) is 0 Å². The average Bonchev–Trinajstić information content (AvgIpc) is 2.39. The van der Waals surface area contributed by atoms with Crippen LogP contribution >= 0.6 is 0 Å². The second-order valence-electron chi connectivity index (χ2n) is 4.55. The van der Waals surface area contributed by atoms with Crippen LogP contribution < -0.4 is 5.32 Å². The number of carbonyl (C=O) groups is 1. The SMILES string of the molecule is O=C1NCCCC1c1cccc2ccccc12. The summed E-state index contributed by atoms with van der Waals surface area (Å²) in [5, 5.41) is 5.37. The standard InChI is InChI=1S/C15H15NO/c17-15-14(9-4-10-16-15)13-8-3-6-11-5-1-2-7-12(11)13/h1-3,5-8,14H,4,9-10H2,(H,16,17). The molecule has 1 heterocycles. The summed E-state index contributed by atoms with van der Waals surface area (Å²) in [7, 11) is 0. The molecule has 1 N–H and O–H groups in total. The number of hydrogen-bond acceptors (Lipinski definition) is 1. The van der Waals surface area contributed by atoms with Crippen LogP contribution in [-0.2, 0) is 4.79 Å². The van der Waals surface area contributed by atoms with Crippen molar-refractivity contribution in [1.29, 1.82) is 0 Å². The molecule has 1 aliphatic heterocycles. The molecule has 2 heteroatoms. The van der Waals surface area contributed by atoms with E-state index in [1.807, 2.05) is 18.2 Å². The highest BCUT2D eigenvalue weighted by molar-refractivity contribution is 5.93. The Morgan fingerprint density at radius 1 is 1.06 bits per heavy atom. The number of fused-ring (bicyclic) bond motifs is 1. The average molecular weight is 225 g/mol. The number of nitrogens with one attached hydrogen (secondary N) is 1. The first-order chi connectivity index (χ1) is 8.36. The van der Waals surface area contributed by atoms with Gasteiger partial charge in [0.05, 0.1) is 5.92 Å². The van der Waals surface area contributed by atoms with Gasteiger partial charge in [0.15, 0.2) is 0 Å². The van der Waals surface area contributed by atoms with Crippen molar-refractivity contribution < 1.29 is 4.79 Å². The van der Waals surface area contributed by atoms with Crippen LogP contribution in [0.1, 0.15) is 24.3 Å². The van der Waals surface area contributed by atoms with E-state index in [4.69, 9.17) is 0 Å². The zero-order valence-corrected chi connectivity index (χ0v) is 9.65. The maximum absolute atomic E-state index is 11.9. The molecule has 1 fully saturated rings. The summed E-state index contributed by atoms with van der Waals surface area (Å²) < 4.78 is 0. The van der Waals surface area contributed by atoms with E-state index in [1.165, 1.54) is 16.3 Å². The number of carbonyl (C=O) groups excluding carboxylic acids is 1. The quantitative estimate of drug-likeness (QED) is 0.794. The molecule has 17 heavy (non-hydrogen) atoms. The fraction of sp³-hybridized carbons (Fsp3) is 0.267. The van der Waals surface area contributed by atoms with Crippen LogP contribution in [0.4, 0.5) is 0 Å². The third-order valence-corrected chi connectivity index (χ3v) is 3.48. The molecule has 1 amide bonds. The van der Waals surface area contributed by atoms with Gasteiger partial charge in [0.2, 0.25) is 5.91 Å². The molecular formula is C15H15NO. The Morgan fingerprint density at radius 3 is 2.76 bits per heavy atom. The van der Waals surface area contributed by atoms with Gasteiger partial charge in [-0.2, -0.15) is 0 Å². The number of amides is 1. The van der Waals surface area contributed by atoms with E-state index < -0.39 is 0 Å². The normalized spacial score (nSPS) is 20.2. The highest BCUT2D eigenvalue weighted by Crippen LogP contribution is 2.30. The number of hydrogen-bond donors (Lipinski definition) is 1. The highest BCUT2D eigenvalue weighted by Gasteiger charge is 2.24. The first-order valence-electron chi connectivity index (χ1n) is 6.11. The van der Waals surface area contributed by atoms with Gasteiger partial charge in [0.25, 0.3) is 0 Å². The second-order valence-corrected chi connectivity index (χ2v) is 4.55. The fourth-order valence-electron chi connectivity index (χ4n) is 2.62. The molecule has 2 aromatic carbocycles. The van der Waals surface area contributed by atoms with Crippen molar-refractivity contribution in [2.45, 2.75) is 18.8 Å². The minimum absolute atomic E-state index is 0.0230. The van der Waals surface area contributed by atoms with Crippen LogP contribution in [0, 0.1) is 0 Å². The van der Waals surface area contributed by atoms with Crippen LogP contribution in [0.15, 0.2) is 42.5 Å². The predicted octanol–water partition coefficient (Wildman–Crippen LogP) is 2.83. The molecule has 3 rings (SSSR count). The van der Waals surface area contributed by atoms with Gasteiger partial charge in [-0.1, -0.05) is 42.5 Å². The van der Waals surface area contributed by atoms with Gasteiger partial charge >= 0.3 is 0 Å². The van der Waals surface area contributed by atoms with E-state index in [1.54, 1.807) is 0 Å². The topological polar surface area (TPSA) is 29.1 Å². The molecular weight excluding hydrogens is 210 g/mol. The lowest BCUT2D eigenvalue weighted by molar-refractivity contribution is -0.123. The Labute approximate surface area is 101 Å². The minimum Gasteiger partial charge on any atom is -0.356 e. The van der Waals surface area contributed by atoms with Crippen molar-refractivity contribution in [3.05, 3.63) is 48.0 Å². The predicted molar refractivity (Wildman–Crippen MR) is 68.9 cm³/mol. The molecule has 0 saturated carbocycles. The lowest BCUT2D eigenvalue weighted by Crippen LogP contribution is -2.35. The van der Waals surface area contributed by atoms with E-state index in [0.29, 0.717) is 0 Å². The summed E-state index contributed by atoms with van der Waals surface area (Å²) in [5.41, 5.74) is 1.17. The maximum Gasteiger partial charge on any atom is 0.227 e. The van der Waals surface area contributed by atoms with E-state index in [2.05, 4.69) is 29.6 Å². The summed E-state index contributed by atoms with van der Waals surface area (Å²) >= 11 is 0. The van der Waals surface area contributed by atoms with Crippen molar-refractivity contribution in [1.82, 2.24) is 5.32 Å². The lowest BCUT2D eigenvalue weighted by Gasteiger charge is -2.23. The van der Waals surface area contributed by atoms with Crippen LogP contribution in [0.2, 0.25) is 0 Å². The zero-order valence-electron chi connectivity index (χ0n) is 9.65. The van der Waals surface area contributed by atoms with Gasteiger partial charge in [-0.3, -0.25) is 4.79 Å². The Hall–Kier alpha value is -1.83. The molecule has 0 spiro atoms. The molecule has 0 bridgehead atoms. The van der Waals surface area contributed by atoms with Crippen molar-refractivity contribution in [2.75, 3.05) is 6.54 Å². The van der Waals surface area contributed by atoms with E-state index >= 15 is 0 Å². The molecule has 86 valence electrons. The molecule has 0 aliphatic carbocycles. The van der Waals surface area contributed by atoms with Gasteiger partial charge in [-0.15, -0.1) is 0 Å². The minimum atomic E-state index is 0.0230. The molecule has 0 aromatic heterocycles. The van der Waals surface area contributed by atoms with Gasteiger partial charge < -0.3 is 5.32 Å². The van der Waals surface area contributed by atoms with Gasteiger partial charge in [0, 0.05) is 6.54 Å². The second kappa shape index (κ2) is 4.21. The first kappa shape index (κ1) is 10.3. The van der Waals surface area contributed by atoms with Crippen molar-refractivity contribution in [3.63, 3.8) is 0 Å². The summed E-state index contributed by atoms with van der Waals surface area (Å²) in [6.07, 6.45) is 2.03. The highest BCUT2D eigenvalue weighted by atomic mass is 16.1. The summed E-state index contributed by atoms with van der Waals surface area (Å²) in [6.45, 7) is 0.820. The lowest BCUT2D eigenvalue weighted by atomic mass is 9.87. The van der Waals surface area contributed by atoms with E-state index in [9.17, 15) is 4.79 Å². The number of rotatable bonds is 1. The van der Waals surface area contributed by atoms with Crippen molar-refractivity contribution in [2.24, 2.45) is 0 Å². The monoisotopic (exact) mass is 225 g/mol. The summed E-state index contributed by atoms with van der Waals surface area (Å²) in [6, 6.07) is 14.5. The van der Waals surface area contributed by atoms with E-state index in [-0.39, 0.29) is 11.8 Å². The smallest absolute Gasteiger partial charge is 0.227 e. The zero-order chi connectivity index (χ0) is 11.7. The molecule has 1 atom stereocenters. The fourth-order valence-corrected chi connectivity index (χ4v) is 2.62. The van der Waals surface area contributed by atoms with Gasteiger partial charge in [-0.25, -0.2) is 0 Å². The van der Waals surface area contributed by atoms with E-state index in [0.717, 1.165) is 19.4 Å². The van der Waals surface area contributed by atoms with Crippen LogP contribution in [0.25, 0.3) is 10.8 Å². The van der Waals surface area contributed by atoms with Gasteiger partial charge in [-0.05, 0) is 29.2 Å². The Kier molecular flexibility index (Phi) is 2.56. The van der Waals surface area contributed by atoms with Crippen molar-refractivity contribution in [3.8, 4) is 0 Å². The maximum atomic E-state index is 11.9. The Bertz CT molecular complexity index is 556. The van der Waals surface area contributed by atoms with Gasteiger partial charge in [0.1, 0.15) is 0 Å².